The van der Waals surface area contributed by atoms with E-state index in [1.807, 2.05) is 0 Å². The third-order valence-electron chi connectivity index (χ3n) is 4.58. The molecule has 2 aliphatic carbocycles. The van der Waals surface area contributed by atoms with Gasteiger partial charge in [-0.25, -0.2) is 0 Å². The minimum atomic E-state index is 0.709. The molecule has 0 bridgehead atoms. The molecule has 2 atom stereocenters. The van der Waals surface area contributed by atoms with E-state index >= 15 is 0 Å². The summed E-state index contributed by atoms with van der Waals surface area (Å²) in [6.07, 6.45) is 7.41. The molecule has 2 aliphatic rings. The molecule has 0 fully saturated rings. The second kappa shape index (κ2) is 4.79. The molecule has 2 aromatic rings. The fourth-order valence-electron chi connectivity index (χ4n) is 3.56. The smallest absolute Gasteiger partial charge is 0.0120 e. The lowest BCUT2D eigenvalue weighted by molar-refractivity contribution is 0.555. The van der Waals surface area contributed by atoms with Gasteiger partial charge in [0.1, 0.15) is 0 Å². The lowest BCUT2D eigenvalue weighted by Gasteiger charge is -2.05. The molecule has 0 spiro atoms. The van der Waals surface area contributed by atoms with E-state index in [0.29, 0.717) is 11.8 Å². The van der Waals surface area contributed by atoms with Gasteiger partial charge in [-0.1, -0.05) is 72.8 Å². The minimum absolute atomic E-state index is 0.709. The maximum atomic E-state index is 2.51. The molecule has 0 amide bonds. The molecular weight excluding hydrogens is 240 g/mol. The fraction of sp³-hybridized carbons (Fsp3) is 0.200. The van der Waals surface area contributed by atoms with Crippen molar-refractivity contribution in [3.63, 3.8) is 0 Å². The average Bonchev–Trinajstić information content (AvgIpc) is 3.08. The van der Waals surface area contributed by atoms with Crippen molar-refractivity contribution in [2.45, 2.75) is 12.8 Å². The van der Waals surface area contributed by atoms with Crippen LogP contribution in [0.4, 0.5) is 0 Å². The summed E-state index contributed by atoms with van der Waals surface area (Å²) in [5.41, 5.74) is 5.86. The van der Waals surface area contributed by atoms with Crippen LogP contribution in [-0.2, 0) is 0 Å². The Labute approximate surface area is 120 Å². The standard InChI is InChI=1S/C20H18/c1-3-7-15(8-4-1)17-11-19-13-18(14-20(19)12-17)16-9-5-2-6-10-16/h1-11,14,19-20H,12-13H2/t19-,20+/m1/s1. The summed E-state index contributed by atoms with van der Waals surface area (Å²) in [5.74, 6) is 1.42. The predicted octanol–water partition coefficient (Wildman–Crippen LogP) is 5.19. The Kier molecular flexibility index (Phi) is 2.81. The van der Waals surface area contributed by atoms with E-state index in [2.05, 4.69) is 72.8 Å². The fourth-order valence-corrected chi connectivity index (χ4v) is 3.56. The van der Waals surface area contributed by atoms with Gasteiger partial charge >= 0.3 is 0 Å². The van der Waals surface area contributed by atoms with Crippen LogP contribution in [0.2, 0.25) is 0 Å². The largest absolute Gasteiger partial charge is 0.0767 e. The highest BCUT2D eigenvalue weighted by molar-refractivity contribution is 5.74. The Hall–Kier alpha value is -2.08. The second-order valence-electron chi connectivity index (χ2n) is 5.85. The van der Waals surface area contributed by atoms with Crippen LogP contribution in [-0.4, -0.2) is 0 Å². The number of allylic oxidation sites excluding steroid dienone is 4. The third kappa shape index (κ3) is 2.02. The number of rotatable bonds is 2. The Morgan fingerprint density at radius 2 is 0.950 bits per heavy atom. The lowest BCUT2D eigenvalue weighted by atomic mass is 9.98. The summed E-state index contributed by atoms with van der Waals surface area (Å²) in [6.45, 7) is 0. The van der Waals surface area contributed by atoms with E-state index in [1.54, 1.807) is 0 Å². The van der Waals surface area contributed by atoms with Crippen LogP contribution in [0.15, 0.2) is 72.8 Å². The van der Waals surface area contributed by atoms with Crippen LogP contribution in [0, 0.1) is 11.8 Å². The van der Waals surface area contributed by atoms with Gasteiger partial charge in [-0.2, -0.15) is 0 Å². The molecule has 0 heteroatoms. The zero-order chi connectivity index (χ0) is 13.4. The maximum absolute atomic E-state index is 2.51. The number of benzene rings is 2. The highest BCUT2D eigenvalue weighted by Crippen LogP contribution is 2.47. The Morgan fingerprint density at radius 1 is 0.550 bits per heavy atom. The van der Waals surface area contributed by atoms with E-state index in [4.69, 9.17) is 0 Å². The molecule has 0 saturated heterocycles. The number of hydrogen-bond donors (Lipinski definition) is 0. The van der Waals surface area contributed by atoms with E-state index in [0.717, 1.165) is 0 Å². The molecule has 0 saturated carbocycles. The molecule has 0 aromatic heterocycles. The summed E-state index contributed by atoms with van der Waals surface area (Å²) in [6, 6.07) is 21.6. The number of hydrogen-bond acceptors (Lipinski definition) is 0. The first-order valence-corrected chi connectivity index (χ1v) is 7.42. The van der Waals surface area contributed by atoms with Crippen LogP contribution < -0.4 is 0 Å². The van der Waals surface area contributed by atoms with Gasteiger partial charge in [0.2, 0.25) is 0 Å². The molecule has 0 radical (unpaired) electrons. The zero-order valence-corrected chi connectivity index (χ0v) is 11.5. The summed E-state index contributed by atoms with van der Waals surface area (Å²) < 4.78 is 0. The van der Waals surface area contributed by atoms with Gasteiger partial charge in [0.15, 0.2) is 0 Å². The van der Waals surface area contributed by atoms with Gasteiger partial charge in [0, 0.05) is 0 Å². The molecule has 0 N–H and O–H groups in total. The molecule has 0 nitrogen and oxygen atoms in total. The van der Waals surface area contributed by atoms with Crippen molar-refractivity contribution < 1.29 is 0 Å². The lowest BCUT2D eigenvalue weighted by Crippen LogP contribution is -1.97. The Bertz CT molecular complexity index is 600. The van der Waals surface area contributed by atoms with Crippen molar-refractivity contribution in [1.29, 1.82) is 0 Å². The van der Waals surface area contributed by atoms with E-state index in [9.17, 15) is 0 Å². The van der Waals surface area contributed by atoms with Gasteiger partial charge in [-0.05, 0) is 47.0 Å². The molecule has 0 aliphatic heterocycles. The first-order chi connectivity index (χ1) is 9.90. The highest BCUT2D eigenvalue weighted by Gasteiger charge is 2.32. The second-order valence-corrected chi connectivity index (χ2v) is 5.85. The van der Waals surface area contributed by atoms with E-state index < -0.39 is 0 Å². The predicted molar refractivity (Wildman–Crippen MR) is 85.1 cm³/mol. The molecule has 0 unspecified atom stereocenters. The van der Waals surface area contributed by atoms with Crippen molar-refractivity contribution in [3.05, 3.63) is 83.9 Å². The summed E-state index contributed by atoms with van der Waals surface area (Å²) in [4.78, 5) is 0. The van der Waals surface area contributed by atoms with Crippen LogP contribution in [0.5, 0.6) is 0 Å². The van der Waals surface area contributed by atoms with Crippen molar-refractivity contribution >= 4 is 11.1 Å². The maximum Gasteiger partial charge on any atom is -0.0120 e. The van der Waals surface area contributed by atoms with Crippen LogP contribution >= 0.6 is 0 Å². The summed E-state index contributed by atoms with van der Waals surface area (Å²) >= 11 is 0. The topological polar surface area (TPSA) is 0 Å². The van der Waals surface area contributed by atoms with Gasteiger partial charge in [0.05, 0.1) is 0 Å². The van der Waals surface area contributed by atoms with Crippen molar-refractivity contribution in [2.24, 2.45) is 11.8 Å². The molecule has 4 rings (SSSR count). The van der Waals surface area contributed by atoms with Crippen LogP contribution in [0.3, 0.4) is 0 Å². The monoisotopic (exact) mass is 258 g/mol. The molecular formula is C20H18. The van der Waals surface area contributed by atoms with E-state index in [1.165, 1.54) is 35.1 Å². The van der Waals surface area contributed by atoms with Crippen molar-refractivity contribution in [3.8, 4) is 0 Å². The average molecular weight is 258 g/mol. The first kappa shape index (κ1) is 11.7. The highest BCUT2D eigenvalue weighted by atomic mass is 14.4. The van der Waals surface area contributed by atoms with E-state index in [-0.39, 0.29) is 0 Å². The van der Waals surface area contributed by atoms with Gasteiger partial charge in [-0.3, -0.25) is 0 Å². The van der Waals surface area contributed by atoms with Crippen LogP contribution in [0.1, 0.15) is 24.0 Å². The van der Waals surface area contributed by atoms with Crippen LogP contribution in [0.25, 0.3) is 11.1 Å². The molecule has 98 valence electrons. The van der Waals surface area contributed by atoms with Crippen molar-refractivity contribution in [2.75, 3.05) is 0 Å². The Morgan fingerprint density at radius 3 is 1.35 bits per heavy atom. The first-order valence-electron chi connectivity index (χ1n) is 7.42. The minimum Gasteiger partial charge on any atom is -0.0767 e. The molecule has 0 heterocycles. The van der Waals surface area contributed by atoms with Gasteiger partial charge in [0.25, 0.3) is 0 Å². The quantitative estimate of drug-likeness (QED) is 0.695. The summed E-state index contributed by atoms with van der Waals surface area (Å²) in [7, 11) is 0. The summed E-state index contributed by atoms with van der Waals surface area (Å²) in [5, 5.41) is 0. The van der Waals surface area contributed by atoms with Crippen molar-refractivity contribution in [1.82, 2.24) is 0 Å². The third-order valence-corrected chi connectivity index (χ3v) is 4.58. The Balaban J connectivity index is 1.56. The normalized spacial score (nSPS) is 24.2. The molecule has 20 heavy (non-hydrogen) atoms. The van der Waals surface area contributed by atoms with Gasteiger partial charge in [-0.15, -0.1) is 0 Å². The SMILES string of the molecule is C1=C(c2ccccc2)C[C@H]2C=C(c3ccccc3)C[C@@H]12. The molecule has 2 aromatic carbocycles. The number of fused-ring (bicyclic) bond motifs is 1. The van der Waals surface area contributed by atoms with Gasteiger partial charge < -0.3 is 0 Å². The zero-order valence-electron chi connectivity index (χ0n) is 11.5.